The maximum Gasteiger partial charge on any atom is 0.364 e. The number of Topliss-reactive ketones (excluding diaryl/α,β-unsaturated/α-hetero) is 2. The highest BCUT2D eigenvalue weighted by atomic mass is 16.8. The van der Waals surface area contributed by atoms with E-state index < -0.39 is 258 Å². The van der Waals surface area contributed by atoms with Crippen LogP contribution in [0.5, 0.6) is 0 Å². The Morgan fingerprint density at radius 3 is 1.58 bits per heavy atom. The number of nitrogens with one attached hydrogen (secondary N) is 3. The lowest BCUT2D eigenvalue weighted by Gasteiger charge is -2.47. The van der Waals surface area contributed by atoms with Gasteiger partial charge in [-0.2, -0.15) is 0 Å². The molecule has 5 aliphatic rings. The molecule has 35 heteroatoms. The van der Waals surface area contributed by atoms with E-state index in [2.05, 4.69) is 16.0 Å². The summed E-state index contributed by atoms with van der Waals surface area (Å²) in [5.41, 5.74) is 0. The SMILES string of the molecule is CC(=O)NC1[C@@H](OCCCC[C@H](CC(=O)[C@H](CCCCO[C@H]2OC(COC3(C(=O)O)CC(O)[C@@H](C)[C@H]([C@H](O)[C@H](O)CO)O3)[C@H](O)[C@H](O)C2C)NC(C)O)C(=O)N[C@@H](CCCCO[C@H]2OC(CO)[C@H](O)[C@H](O)C2C)C(C)=O)OC(CO)[C@H](O)[C@@H]1O[C@@H]1OC(CO)[C@H](O)[C@H](O)C1O. The highest BCUT2D eigenvalue weighted by Gasteiger charge is 2.56. The first kappa shape index (κ1) is 82.3. The number of carboxylic acid groups (broad SMARTS) is 1. The van der Waals surface area contributed by atoms with Crippen molar-refractivity contribution in [2.75, 3.05) is 52.9 Å². The van der Waals surface area contributed by atoms with Crippen molar-refractivity contribution in [1.29, 1.82) is 0 Å². The fourth-order valence-corrected chi connectivity index (χ4v) is 12.2. The molecule has 0 saturated carbocycles. The Hall–Kier alpha value is -3.33. The average molecular weight is 1380 g/mol. The monoisotopic (exact) mass is 1380 g/mol. The number of ether oxygens (including phenoxy) is 10. The minimum absolute atomic E-state index is 0.00109. The second kappa shape index (κ2) is 39.0. The lowest BCUT2D eigenvalue weighted by Crippen LogP contribution is -2.68. The standard InChI is InChI=1S/C60H105N3O32/c1-26-36(72)20-60(59(84)85,95-52(26)45(76)37(73)21-64)89-25-41-48(79)44(75)28(3)56(93-41)87-17-12-9-15-34(61-30(5)69)35(71)19-32(54(83)63-33(29(4)68)14-8-11-16-86-55-27(2)43(74)46(77)38(22-65)90-55)13-7-10-18-88-57-42(62-31(6)70)53(49(80)40(24-67)91-57)94-58-51(82)50(81)47(78)39(23-66)92-58/h26-28,30,32-34,36-53,55-58,61,64-67,69,72-82H,7-25H2,1-6H3,(H,62,70)(H,63,83)(H,84,85)/t26-,27?,28?,30?,32-,33+,34+,36?,37-,38?,39?,40?,41?,42?,43-,44-,45-,46+,47+,48+,49+,50+,51?,52-,53-,55+,56+,57+,58+,60?/m1/s1. The van der Waals surface area contributed by atoms with Gasteiger partial charge in [-0.3, -0.25) is 24.5 Å². The van der Waals surface area contributed by atoms with Gasteiger partial charge in [-0.05, 0) is 65.2 Å². The van der Waals surface area contributed by atoms with Gasteiger partial charge in [-0.25, -0.2) is 4.79 Å². The van der Waals surface area contributed by atoms with Gasteiger partial charge >= 0.3 is 5.97 Å². The van der Waals surface area contributed by atoms with Gasteiger partial charge in [0, 0.05) is 63.3 Å². The highest BCUT2D eigenvalue weighted by Crippen LogP contribution is 2.38. The molecule has 30 atom stereocenters. The summed E-state index contributed by atoms with van der Waals surface area (Å²) in [5.74, 6) is -10.2. The summed E-state index contributed by atoms with van der Waals surface area (Å²) in [6.07, 6.45) is -32.6. The number of aliphatic carboxylic acids is 1. The zero-order chi connectivity index (χ0) is 70.8. The van der Waals surface area contributed by atoms with Crippen molar-refractivity contribution in [3.63, 3.8) is 0 Å². The Morgan fingerprint density at radius 1 is 0.579 bits per heavy atom. The van der Waals surface area contributed by atoms with Crippen LogP contribution in [0.2, 0.25) is 0 Å². The molecule has 0 bridgehead atoms. The molecule has 5 aliphatic heterocycles. The van der Waals surface area contributed by atoms with Crippen molar-refractivity contribution in [3.8, 4) is 0 Å². The van der Waals surface area contributed by atoms with E-state index in [0.29, 0.717) is 12.8 Å². The van der Waals surface area contributed by atoms with Crippen LogP contribution in [-0.2, 0) is 71.3 Å². The molecule has 20 N–H and O–H groups in total. The molecular formula is C60H105N3O32. The van der Waals surface area contributed by atoms with Crippen molar-refractivity contribution in [2.24, 2.45) is 23.7 Å². The predicted molar refractivity (Wildman–Crippen MR) is 319 cm³/mol. The van der Waals surface area contributed by atoms with Gasteiger partial charge in [0.1, 0.15) is 91.6 Å². The van der Waals surface area contributed by atoms with E-state index in [9.17, 15) is 111 Å². The van der Waals surface area contributed by atoms with E-state index in [0.717, 1.165) is 6.92 Å². The number of unbranched alkanes of at least 4 members (excludes halogenated alkanes) is 3. The first-order valence-corrected chi connectivity index (χ1v) is 32.5. The summed E-state index contributed by atoms with van der Waals surface area (Å²) in [6, 6.07) is -3.48. The number of aliphatic hydroxyl groups excluding tert-OH is 16. The number of carboxylic acids is 1. The van der Waals surface area contributed by atoms with Gasteiger partial charge in [0.25, 0.3) is 5.79 Å². The minimum Gasteiger partial charge on any atom is -0.477 e. The van der Waals surface area contributed by atoms with Crippen molar-refractivity contribution in [2.45, 2.75) is 271 Å². The third-order valence-electron chi connectivity index (χ3n) is 18.2. The number of hydrogen-bond acceptors (Lipinski definition) is 32. The summed E-state index contributed by atoms with van der Waals surface area (Å²) >= 11 is 0. The lowest BCUT2D eigenvalue weighted by atomic mass is 9.84. The highest BCUT2D eigenvalue weighted by molar-refractivity contribution is 5.92. The molecule has 5 rings (SSSR count). The number of amides is 2. The van der Waals surface area contributed by atoms with Crippen LogP contribution in [0.4, 0.5) is 0 Å². The quantitative estimate of drug-likeness (QED) is 0.0201. The summed E-state index contributed by atoms with van der Waals surface area (Å²) in [5, 5.41) is 185. The molecule has 2 amide bonds. The molecule has 0 aromatic rings. The largest absolute Gasteiger partial charge is 0.477 e. The van der Waals surface area contributed by atoms with E-state index in [1.54, 1.807) is 6.92 Å². The van der Waals surface area contributed by atoms with Gasteiger partial charge in [0.2, 0.25) is 11.8 Å². The summed E-state index contributed by atoms with van der Waals surface area (Å²) in [6.45, 7) is 4.34. The van der Waals surface area contributed by atoms with Gasteiger partial charge in [0.05, 0.1) is 69.5 Å². The molecule has 5 saturated heterocycles. The van der Waals surface area contributed by atoms with Crippen LogP contribution in [0, 0.1) is 23.7 Å². The Balaban J connectivity index is 1.25. The molecule has 35 nitrogen and oxygen atoms in total. The van der Waals surface area contributed by atoms with Crippen LogP contribution >= 0.6 is 0 Å². The molecule has 0 aromatic heterocycles. The van der Waals surface area contributed by atoms with Crippen LogP contribution in [-0.4, -0.2) is 328 Å². The second-order valence-electron chi connectivity index (χ2n) is 25.5. The number of carbonyl (C=O) groups is 5. The summed E-state index contributed by atoms with van der Waals surface area (Å²) < 4.78 is 58.0. The minimum atomic E-state index is -2.64. The third-order valence-corrected chi connectivity index (χ3v) is 18.2. The van der Waals surface area contributed by atoms with Crippen LogP contribution in [0.15, 0.2) is 0 Å². The molecule has 5 fully saturated rings. The van der Waals surface area contributed by atoms with E-state index in [4.69, 9.17) is 47.4 Å². The van der Waals surface area contributed by atoms with Crippen LogP contribution in [0.25, 0.3) is 0 Å². The molecule has 0 aromatic carbocycles. The zero-order valence-corrected chi connectivity index (χ0v) is 54.4. The molecule has 552 valence electrons. The maximum absolute atomic E-state index is 14.4. The number of hydrogen-bond donors (Lipinski definition) is 20. The topological polar surface area (TPSA) is 558 Å². The fraction of sp³-hybridized carbons (Fsp3) is 0.917. The van der Waals surface area contributed by atoms with Crippen molar-refractivity contribution in [3.05, 3.63) is 0 Å². The molecule has 95 heavy (non-hydrogen) atoms. The number of rotatable bonds is 39. The summed E-state index contributed by atoms with van der Waals surface area (Å²) in [7, 11) is 0. The van der Waals surface area contributed by atoms with Crippen molar-refractivity contribution in [1.82, 2.24) is 16.0 Å². The fourth-order valence-electron chi connectivity index (χ4n) is 12.2. The number of ketones is 2. The van der Waals surface area contributed by atoms with E-state index in [1.165, 1.54) is 27.7 Å². The molecular weight excluding hydrogens is 1270 g/mol. The third kappa shape index (κ3) is 22.3. The summed E-state index contributed by atoms with van der Waals surface area (Å²) in [4.78, 5) is 67.1. The van der Waals surface area contributed by atoms with Crippen molar-refractivity contribution < 1.29 is 158 Å². The van der Waals surface area contributed by atoms with Gasteiger partial charge in [-0.1, -0.05) is 27.2 Å². The van der Waals surface area contributed by atoms with Crippen LogP contribution in [0.1, 0.15) is 112 Å². The second-order valence-corrected chi connectivity index (χ2v) is 25.5. The number of aliphatic hydroxyl groups is 16. The van der Waals surface area contributed by atoms with Gasteiger partial charge < -0.3 is 145 Å². The average Bonchev–Trinajstić information content (AvgIpc) is 0.788. The Kier molecular flexibility index (Phi) is 33.8. The Morgan fingerprint density at radius 2 is 1.06 bits per heavy atom. The Labute approximate surface area is 549 Å². The first-order valence-electron chi connectivity index (χ1n) is 32.5. The maximum atomic E-state index is 14.4. The lowest BCUT2D eigenvalue weighted by molar-refractivity contribution is -0.344. The normalized spacial score (nSPS) is 38.1. The molecule has 11 unspecified atom stereocenters. The Bertz CT molecular complexity index is 2330. The van der Waals surface area contributed by atoms with Gasteiger partial charge in [0.15, 0.2) is 36.7 Å². The van der Waals surface area contributed by atoms with E-state index >= 15 is 0 Å². The molecule has 0 radical (unpaired) electrons. The van der Waals surface area contributed by atoms with E-state index in [1.807, 2.05) is 0 Å². The zero-order valence-electron chi connectivity index (χ0n) is 54.4. The van der Waals surface area contributed by atoms with Crippen molar-refractivity contribution >= 4 is 29.4 Å². The van der Waals surface area contributed by atoms with Crippen LogP contribution < -0.4 is 16.0 Å². The predicted octanol–water partition coefficient (Wildman–Crippen LogP) is -7.28. The smallest absolute Gasteiger partial charge is 0.364 e. The van der Waals surface area contributed by atoms with Crippen LogP contribution in [0.3, 0.4) is 0 Å². The first-order chi connectivity index (χ1) is 44.9. The van der Waals surface area contributed by atoms with E-state index in [-0.39, 0.29) is 64.8 Å². The van der Waals surface area contributed by atoms with Gasteiger partial charge in [-0.15, -0.1) is 0 Å². The molecule has 0 spiro atoms. The molecule has 0 aliphatic carbocycles. The molecule has 5 heterocycles. The number of carbonyl (C=O) groups excluding carboxylic acids is 4.